The fourth-order valence-electron chi connectivity index (χ4n) is 1.51. The van der Waals surface area contributed by atoms with Crippen LogP contribution >= 0.6 is 11.3 Å². The summed E-state index contributed by atoms with van der Waals surface area (Å²) in [6.45, 7) is 1.70. The number of rotatable bonds is 4. The average molecular weight is 231 g/mol. The summed E-state index contributed by atoms with van der Waals surface area (Å²) in [4.78, 5) is 0. The molecule has 3 nitrogen and oxygen atoms in total. The van der Waals surface area contributed by atoms with E-state index in [4.69, 9.17) is 0 Å². The van der Waals surface area contributed by atoms with Gasteiger partial charge in [0.1, 0.15) is 0 Å². The lowest BCUT2D eigenvalue weighted by Gasteiger charge is -2.26. The standard InChI is InChI=1S/C9H13NO2S2/c11-14(12,7-9-3-10-4-9)6-8-1-2-13-5-8/h1-2,5,9-10H,3-4,6-7H2. The first kappa shape index (κ1) is 10.1. The molecule has 1 aromatic heterocycles. The van der Waals surface area contributed by atoms with Gasteiger partial charge in [-0.2, -0.15) is 11.3 Å². The quantitative estimate of drug-likeness (QED) is 0.837. The highest BCUT2D eigenvalue weighted by Gasteiger charge is 2.24. The molecule has 0 spiro atoms. The average Bonchev–Trinajstić information content (AvgIpc) is 2.49. The van der Waals surface area contributed by atoms with E-state index in [2.05, 4.69) is 5.32 Å². The smallest absolute Gasteiger partial charge is 0.154 e. The Bertz CT molecular complexity index is 379. The van der Waals surface area contributed by atoms with Gasteiger partial charge in [0.2, 0.25) is 0 Å². The van der Waals surface area contributed by atoms with Crippen molar-refractivity contribution in [1.82, 2.24) is 5.32 Å². The molecule has 0 atom stereocenters. The van der Waals surface area contributed by atoms with Gasteiger partial charge in [-0.05, 0) is 28.3 Å². The summed E-state index contributed by atoms with van der Waals surface area (Å²) in [5.74, 6) is 0.863. The van der Waals surface area contributed by atoms with Crippen molar-refractivity contribution in [2.45, 2.75) is 5.75 Å². The molecule has 0 aliphatic carbocycles. The Hall–Kier alpha value is -0.390. The molecular weight excluding hydrogens is 218 g/mol. The summed E-state index contributed by atoms with van der Waals surface area (Å²) < 4.78 is 23.4. The second-order valence-electron chi connectivity index (χ2n) is 3.71. The van der Waals surface area contributed by atoms with E-state index in [0.717, 1.165) is 18.7 Å². The van der Waals surface area contributed by atoms with Gasteiger partial charge >= 0.3 is 0 Å². The molecule has 1 fully saturated rings. The molecule has 78 valence electrons. The summed E-state index contributed by atoms with van der Waals surface area (Å²) in [6.07, 6.45) is 0. The molecule has 2 rings (SSSR count). The van der Waals surface area contributed by atoms with Crippen molar-refractivity contribution in [3.63, 3.8) is 0 Å². The Morgan fingerprint density at radius 1 is 1.50 bits per heavy atom. The van der Waals surface area contributed by atoms with E-state index in [1.54, 1.807) is 11.3 Å². The summed E-state index contributed by atoms with van der Waals surface area (Å²) >= 11 is 1.54. The number of nitrogens with one attached hydrogen (secondary N) is 1. The van der Waals surface area contributed by atoms with E-state index in [0.29, 0.717) is 11.7 Å². The molecular formula is C9H13NO2S2. The van der Waals surface area contributed by atoms with Crippen LogP contribution in [0.25, 0.3) is 0 Å². The summed E-state index contributed by atoms with van der Waals surface area (Å²) in [5, 5.41) is 6.89. The van der Waals surface area contributed by atoms with Crippen LogP contribution in [0.5, 0.6) is 0 Å². The third-order valence-electron chi connectivity index (χ3n) is 2.32. The van der Waals surface area contributed by atoms with Crippen LogP contribution in [0.2, 0.25) is 0 Å². The minimum absolute atomic E-state index is 0.201. The predicted octanol–water partition coefficient (Wildman–Crippen LogP) is 0.882. The van der Waals surface area contributed by atoms with E-state index >= 15 is 0 Å². The normalized spacial score (nSPS) is 18.0. The Labute approximate surface area is 88.1 Å². The second kappa shape index (κ2) is 4.00. The molecule has 0 aromatic carbocycles. The zero-order valence-electron chi connectivity index (χ0n) is 7.77. The van der Waals surface area contributed by atoms with Crippen molar-refractivity contribution in [2.24, 2.45) is 5.92 Å². The number of thiophene rings is 1. The van der Waals surface area contributed by atoms with Crippen molar-refractivity contribution in [2.75, 3.05) is 18.8 Å². The molecule has 1 aliphatic rings. The Morgan fingerprint density at radius 2 is 2.29 bits per heavy atom. The molecule has 0 bridgehead atoms. The molecule has 0 saturated carbocycles. The van der Waals surface area contributed by atoms with Crippen molar-refractivity contribution in [3.05, 3.63) is 22.4 Å². The SMILES string of the molecule is O=S(=O)(Cc1ccsc1)CC1CNC1. The molecule has 0 amide bonds. The Kier molecular flexibility index (Phi) is 2.90. The third kappa shape index (κ3) is 2.56. The van der Waals surface area contributed by atoms with Crippen LogP contribution in [0.1, 0.15) is 5.56 Å². The molecule has 0 radical (unpaired) electrons. The zero-order valence-corrected chi connectivity index (χ0v) is 9.40. The van der Waals surface area contributed by atoms with Gasteiger partial charge in [0.05, 0.1) is 11.5 Å². The lowest BCUT2D eigenvalue weighted by molar-refractivity contribution is 0.378. The van der Waals surface area contributed by atoms with Crippen LogP contribution in [-0.4, -0.2) is 27.3 Å². The van der Waals surface area contributed by atoms with Crippen LogP contribution in [0.4, 0.5) is 0 Å². The third-order valence-corrected chi connectivity index (χ3v) is 4.81. The Balaban J connectivity index is 1.95. The fourth-order valence-corrected chi connectivity index (χ4v) is 4.05. The molecule has 0 unspecified atom stereocenters. The molecule has 2 heterocycles. The molecule has 1 aliphatic heterocycles. The van der Waals surface area contributed by atoms with Crippen LogP contribution in [-0.2, 0) is 15.6 Å². The van der Waals surface area contributed by atoms with Crippen molar-refractivity contribution < 1.29 is 8.42 Å². The first-order valence-electron chi connectivity index (χ1n) is 4.58. The van der Waals surface area contributed by atoms with Gasteiger partial charge in [-0.1, -0.05) is 0 Å². The van der Waals surface area contributed by atoms with Crippen LogP contribution in [0, 0.1) is 5.92 Å². The van der Waals surface area contributed by atoms with Crippen molar-refractivity contribution in [3.8, 4) is 0 Å². The first-order valence-corrected chi connectivity index (χ1v) is 7.34. The van der Waals surface area contributed by atoms with Crippen molar-refractivity contribution in [1.29, 1.82) is 0 Å². The van der Waals surface area contributed by atoms with Gasteiger partial charge in [-0.3, -0.25) is 0 Å². The predicted molar refractivity (Wildman–Crippen MR) is 58.2 cm³/mol. The van der Waals surface area contributed by atoms with Gasteiger partial charge in [0.25, 0.3) is 0 Å². The highest BCUT2D eigenvalue weighted by atomic mass is 32.2. The largest absolute Gasteiger partial charge is 0.316 e. The molecule has 5 heteroatoms. The minimum Gasteiger partial charge on any atom is -0.316 e. The monoisotopic (exact) mass is 231 g/mol. The highest BCUT2D eigenvalue weighted by Crippen LogP contribution is 2.14. The van der Waals surface area contributed by atoms with E-state index in [-0.39, 0.29) is 5.75 Å². The van der Waals surface area contributed by atoms with Gasteiger partial charge in [0.15, 0.2) is 9.84 Å². The topological polar surface area (TPSA) is 46.2 Å². The molecule has 1 saturated heterocycles. The van der Waals surface area contributed by atoms with Crippen LogP contribution < -0.4 is 5.32 Å². The summed E-state index contributed by atoms with van der Waals surface area (Å²) in [5.41, 5.74) is 0.919. The first-order chi connectivity index (χ1) is 6.66. The second-order valence-corrected chi connectivity index (χ2v) is 6.60. The lowest BCUT2D eigenvalue weighted by atomic mass is 10.1. The van der Waals surface area contributed by atoms with Crippen LogP contribution in [0.3, 0.4) is 0 Å². The van der Waals surface area contributed by atoms with Gasteiger partial charge in [-0.15, -0.1) is 0 Å². The maximum absolute atomic E-state index is 11.7. The summed E-state index contributed by atoms with van der Waals surface area (Å²) in [7, 11) is -2.90. The van der Waals surface area contributed by atoms with Crippen molar-refractivity contribution >= 4 is 21.2 Å². The summed E-state index contributed by atoms with van der Waals surface area (Å²) in [6, 6.07) is 1.88. The van der Waals surface area contributed by atoms with Gasteiger partial charge < -0.3 is 5.32 Å². The lowest BCUT2D eigenvalue weighted by Crippen LogP contribution is -2.45. The van der Waals surface area contributed by atoms with Crippen LogP contribution in [0.15, 0.2) is 16.8 Å². The maximum atomic E-state index is 11.7. The van der Waals surface area contributed by atoms with Gasteiger partial charge in [0, 0.05) is 13.1 Å². The highest BCUT2D eigenvalue weighted by molar-refractivity contribution is 7.90. The fraction of sp³-hybridized carbons (Fsp3) is 0.556. The maximum Gasteiger partial charge on any atom is 0.154 e. The number of hydrogen-bond acceptors (Lipinski definition) is 4. The van der Waals surface area contributed by atoms with E-state index in [1.807, 2.05) is 16.8 Å². The molecule has 1 N–H and O–H groups in total. The van der Waals surface area contributed by atoms with E-state index < -0.39 is 9.84 Å². The molecule has 1 aromatic rings. The minimum atomic E-state index is -2.90. The van der Waals surface area contributed by atoms with E-state index in [9.17, 15) is 8.42 Å². The van der Waals surface area contributed by atoms with Gasteiger partial charge in [-0.25, -0.2) is 8.42 Å². The zero-order chi connectivity index (χ0) is 10.0. The number of sulfone groups is 1. The number of hydrogen-bond donors (Lipinski definition) is 1. The molecule has 14 heavy (non-hydrogen) atoms. The Morgan fingerprint density at radius 3 is 2.79 bits per heavy atom. The van der Waals surface area contributed by atoms with E-state index in [1.165, 1.54) is 0 Å².